The van der Waals surface area contributed by atoms with E-state index in [1.807, 2.05) is 24.3 Å². The van der Waals surface area contributed by atoms with Crippen molar-refractivity contribution in [3.8, 4) is 0 Å². The number of ketones is 1. The van der Waals surface area contributed by atoms with Gasteiger partial charge in [0.1, 0.15) is 6.04 Å². The Labute approximate surface area is 133 Å². The molecule has 1 aliphatic heterocycles. The van der Waals surface area contributed by atoms with Crippen molar-refractivity contribution in [2.45, 2.75) is 19.5 Å². The number of hydrogen-bond donors (Lipinski definition) is 1. The molecule has 0 radical (unpaired) electrons. The Kier molecular flexibility index (Phi) is 3.86. The SMILES string of the molecule is CC(=O)C1c2ccccc2CN1C(=O)Nc1ccc(Cl)cc1. The lowest BCUT2D eigenvalue weighted by molar-refractivity contribution is -0.121. The standard InChI is InChI=1S/C17H15ClN2O2/c1-11(21)16-15-5-3-2-4-12(15)10-20(16)17(22)19-14-8-6-13(18)7-9-14/h2-9,16H,10H2,1H3,(H,19,22). The monoisotopic (exact) mass is 314 g/mol. The van der Waals surface area contributed by atoms with Crippen LogP contribution in [-0.2, 0) is 11.3 Å². The molecule has 5 heteroatoms. The molecule has 0 spiro atoms. The second-order valence-corrected chi connectivity index (χ2v) is 5.71. The highest BCUT2D eigenvalue weighted by molar-refractivity contribution is 6.30. The maximum atomic E-state index is 12.5. The van der Waals surface area contributed by atoms with E-state index >= 15 is 0 Å². The summed E-state index contributed by atoms with van der Waals surface area (Å²) in [5.41, 5.74) is 2.56. The van der Waals surface area contributed by atoms with E-state index in [4.69, 9.17) is 11.6 Å². The van der Waals surface area contributed by atoms with Crippen molar-refractivity contribution < 1.29 is 9.59 Å². The third-order valence-electron chi connectivity index (χ3n) is 3.74. The Bertz CT molecular complexity index is 728. The topological polar surface area (TPSA) is 49.4 Å². The molecule has 0 aromatic heterocycles. The average Bonchev–Trinajstić information content (AvgIpc) is 2.89. The normalized spacial score (nSPS) is 16.3. The molecule has 1 heterocycles. The molecule has 2 amide bonds. The highest BCUT2D eigenvalue weighted by Gasteiger charge is 2.36. The molecular formula is C17H15ClN2O2. The van der Waals surface area contributed by atoms with Crippen molar-refractivity contribution in [1.29, 1.82) is 0 Å². The minimum Gasteiger partial charge on any atom is -0.308 e. The van der Waals surface area contributed by atoms with Gasteiger partial charge in [-0.05, 0) is 42.3 Å². The van der Waals surface area contributed by atoms with Crippen LogP contribution in [0.4, 0.5) is 10.5 Å². The Morgan fingerprint density at radius 2 is 1.82 bits per heavy atom. The second-order valence-electron chi connectivity index (χ2n) is 5.28. The number of anilines is 1. The molecule has 0 saturated carbocycles. The third-order valence-corrected chi connectivity index (χ3v) is 4.00. The first-order valence-corrected chi connectivity index (χ1v) is 7.35. The van der Waals surface area contributed by atoms with Gasteiger partial charge in [0, 0.05) is 17.3 Å². The summed E-state index contributed by atoms with van der Waals surface area (Å²) < 4.78 is 0. The number of amides is 2. The van der Waals surface area contributed by atoms with E-state index in [9.17, 15) is 9.59 Å². The fourth-order valence-electron chi connectivity index (χ4n) is 2.74. The van der Waals surface area contributed by atoms with E-state index in [-0.39, 0.29) is 11.8 Å². The first-order valence-electron chi connectivity index (χ1n) is 6.97. The summed E-state index contributed by atoms with van der Waals surface area (Å²) >= 11 is 5.83. The molecule has 2 aromatic carbocycles. The predicted molar refractivity (Wildman–Crippen MR) is 85.9 cm³/mol. The number of halogens is 1. The molecule has 112 valence electrons. The minimum atomic E-state index is -0.525. The zero-order chi connectivity index (χ0) is 15.7. The number of hydrogen-bond acceptors (Lipinski definition) is 2. The van der Waals surface area contributed by atoms with Crippen LogP contribution >= 0.6 is 11.6 Å². The van der Waals surface area contributed by atoms with Crippen LogP contribution in [0.5, 0.6) is 0 Å². The molecule has 3 rings (SSSR count). The summed E-state index contributed by atoms with van der Waals surface area (Å²) in [5.74, 6) is -0.0452. The maximum absolute atomic E-state index is 12.5. The number of nitrogens with zero attached hydrogens (tertiary/aromatic N) is 1. The van der Waals surface area contributed by atoms with Gasteiger partial charge in [0.05, 0.1) is 0 Å². The van der Waals surface area contributed by atoms with Crippen molar-refractivity contribution in [2.24, 2.45) is 0 Å². The molecular weight excluding hydrogens is 300 g/mol. The van der Waals surface area contributed by atoms with Crippen LogP contribution in [-0.4, -0.2) is 16.7 Å². The zero-order valence-corrected chi connectivity index (χ0v) is 12.8. The van der Waals surface area contributed by atoms with E-state index in [1.165, 1.54) is 6.92 Å². The van der Waals surface area contributed by atoms with E-state index in [2.05, 4.69) is 5.32 Å². The van der Waals surface area contributed by atoms with Crippen molar-refractivity contribution >= 4 is 29.1 Å². The zero-order valence-electron chi connectivity index (χ0n) is 12.0. The summed E-state index contributed by atoms with van der Waals surface area (Å²) in [6, 6.07) is 13.7. The Morgan fingerprint density at radius 1 is 1.14 bits per heavy atom. The highest BCUT2D eigenvalue weighted by Crippen LogP contribution is 2.34. The van der Waals surface area contributed by atoms with E-state index < -0.39 is 6.04 Å². The fourth-order valence-corrected chi connectivity index (χ4v) is 2.87. The predicted octanol–water partition coefficient (Wildman–Crippen LogP) is 4.02. The molecule has 1 aliphatic rings. The van der Waals surface area contributed by atoms with Gasteiger partial charge in [-0.15, -0.1) is 0 Å². The molecule has 0 aliphatic carbocycles. The van der Waals surface area contributed by atoms with Gasteiger partial charge in [-0.25, -0.2) is 4.79 Å². The molecule has 0 fully saturated rings. The van der Waals surface area contributed by atoms with Gasteiger partial charge in [0.25, 0.3) is 0 Å². The summed E-state index contributed by atoms with van der Waals surface area (Å²) in [7, 11) is 0. The van der Waals surface area contributed by atoms with Gasteiger partial charge < -0.3 is 10.2 Å². The Balaban J connectivity index is 1.83. The van der Waals surface area contributed by atoms with Gasteiger partial charge in [0.15, 0.2) is 5.78 Å². The molecule has 2 aromatic rings. The Hall–Kier alpha value is -2.33. The van der Waals surface area contributed by atoms with Crippen LogP contribution in [0.3, 0.4) is 0 Å². The van der Waals surface area contributed by atoms with Crippen molar-refractivity contribution in [1.82, 2.24) is 4.90 Å². The van der Waals surface area contributed by atoms with Gasteiger partial charge >= 0.3 is 6.03 Å². The summed E-state index contributed by atoms with van der Waals surface area (Å²) in [5, 5.41) is 3.41. The molecule has 1 unspecified atom stereocenters. The van der Waals surface area contributed by atoms with Gasteiger partial charge in [-0.2, -0.15) is 0 Å². The fraction of sp³-hybridized carbons (Fsp3) is 0.176. The number of carbonyl (C=O) groups is 2. The number of Topliss-reactive ketones (excluding diaryl/α,β-unsaturated/α-hetero) is 1. The third kappa shape index (κ3) is 2.70. The van der Waals surface area contributed by atoms with Crippen LogP contribution in [0.15, 0.2) is 48.5 Å². The smallest absolute Gasteiger partial charge is 0.308 e. The number of rotatable bonds is 2. The van der Waals surface area contributed by atoms with Crippen LogP contribution in [0, 0.1) is 0 Å². The van der Waals surface area contributed by atoms with Crippen LogP contribution in [0.1, 0.15) is 24.1 Å². The van der Waals surface area contributed by atoms with E-state index in [0.29, 0.717) is 17.3 Å². The lowest BCUT2D eigenvalue weighted by Crippen LogP contribution is -2.36. The maximum Gasteiger partial charge on any atom is 0.323 e. The molecule has 1 atom stereocenters. The number of urea groups is 1. The number of fused-ring (bicyclic) bond motifs is 1. The van der Waals surface area contributed by atoms with Crippen LogP contribution in [0.25, 0.3) is 0 Å². The second kappa shape index (κ2) is 5.81. The Morgan fingerprint density at radius 3 is 2.50 bits per heavy atom. The van der Waals surface area contributed by atoms with Gasteiger partial charge in [-0.3, -0.25) is 4.79 Å². The number of benzene rings is 2. The van der Waals surface area contributed by atoms with Gasteiger partial charge in [-0.1, -0.05) is 35.9 Å². The van der Waals surface area contributed by atoms with E-state index in [0.717, 1.165) is 11.1 Å². The number of nitrogens with one attached hydrogen (secondary N) is 1. The summed E-state index contributed by atoms with van der Waals surface area (Å²) in [4.78, 5) is 26.1. The van der Waals surface area contributed by atoms with Crippen molar-refractivity contribution in [3.05, 3.63) is 64.7 Å². The largest absolute Gasteiger partial charge is 0.323 e. The van der Waals surface area contributed by atoms with Gasteiger partial charge in [0.2, 0.25) is 0 Å². The van der Waals surface area contributed by atoms with Crippen LogP contribution < -0.4 is 5.32 Å². The van der Waals surface area contributed by atoms with Crippen molar-refractivity contribution in [2.75, 3.05) is 5.32 Å². The quantitative estimate of drug-likeness (QED) is 0.910. The molecule has 0 bridgehead atoms. The average molecular weight is 315 g/mol. The molecule has 1 N–H and O–H groups in total. The molecule has 22 heavy (non-hydrogen) atoms. The van der Waals surface area contributed by atoms with Crippen molar-refractivity contribution in [3.63, 3.8) is 0 Å². The highest BCUT2D eigenvalue weighted by atomic mass is 35.5. The molecule has 0 saturated heterocycles. The summed E-state index contributed by atoms with van der Waals surface area (Å²) in [6.45, 7) is 1.94. The van der Waals surface area contributed by atoms with E-state index in [1.54, 1.807) is 29.2 Å². The molecule has 4 nitrogen and oxygen atoms in total. The minimum absolute atomic E-state index is 0.0452. The van der Waals surface area contributed by atoms with Crippen LogP contribution in [0.2, 0.25) is 5.02 Å². The number of carbonyl (C=O) groups excluding carboxylic acids is 2. The lowest BCUT2D eigenvalue weighted by Gasteiger charge is -2.23. The first kappa shape index (κ1) is 14.6. The first-order chi connectivity index (χ1) is 10.6. The lowest BCUT2D eigenvalue weighted by atomic mass is 10.0. The summed E-state index contributed by atoms with van der Waals surface area (Å²) in [6.07, 6.45) is 0.